The maximum Gasteiger partial charge on any atom is 0.243 e. The van der Waals surface area contributed by atoms with Crippen LogP contribution in [-0.2, 0) is 26.7 Å². The third-order valence-electron chi connectivity index (χ3n) is 6.34. The average molecular weight is 581 g/mol. The van der Waals surface area contributed by atoms with Crippen LogP contribution >= 0.6 is 11.6 Å². The Labute approximate surface area is 240 Å². The molecule has 4 rings (SSSR count). The zero-order chi connectivity index (χ0) is 28.9. The van der Waals surface area contributed by atoms with Crippen LogP contribution in [-0.4, -0.2) is 48.6 Å². The third-order valence-corrected chi connectivity index (χ3v) is 8.51. The molecule has 0 spiro atoms. The van der Waals surface area contributed by atoms with Crippen molar-refractivity contribution < 1.29 is 17.9 Å². The van der Waals surface area contributed by atoms with Crippen molar-refractivity contribution in [3.05, 3.63) is 101 Å². The Morgan fingerprint density at radius 2 is 1.65 bits per heavy atom. The van der Waals surface area contributed by atoms with Gasteiger partial charge in [-0.1, -0.05) is 74.8 Å². The van der Waals surface area contributed by atoms with E-state index >= 15 is 0 Å². The predicted octanol–water partition coefficient (Wildman–Crippen LogP) is 5.70. The second kappa shape index (κ2) is 12.2. The largest absolute Gasteiger partial charge is 0.497 e. The number of aromatic nitrogens is 2. The molecule has 0 unspecified atom stereocenters. The zero-order valence-electron chi connectivity index (χ0n) is 23.0. The van der Waals surface area contributed by atoms with Crippen LogP contribution in [0.1, 0.15) is 32.0 Å². The van der Waals surface area contributed by atoms with Crippen molar-refractivity contribution in [3.63, 3.8) is 0 Å². The molecular weight excluding hydrogens is 548 g/mol. The molecule has 1 N–H and O–H groups in total. The quantitative estimate of drug-likeness (QED) is 0.259. The maximum atomic E-state index is 13.7. The highest BCUT2D eigenvalue weighted by Gasteiger charge is 2.28. The highest BCUT2D eigenvalue weighted by molar-refractivity contribution is 7.89. The Morgan fingerprint density at radius 1 is 1.00 bits per heavy atom. The van der Waals surface area contributed by atoms with Crippen molar-refractivity contribution in [1.29, 1.82) is 0 Å². The van der Waals surface area contributed by atoms with Crippen molar-refractivity contribution in [3.8, 4) is 11.4 Å². The van der Waals surface area contributed by atoms with Gasteiger partial charge in [0.2, 0.25) is 15.9 Å². The van der Waals surface area contributed by atoms with E-state index in [1.54, 1.807) is 35.0 Å². The Bertz CT molecular complexity index is 1560. The van der Waals surface area contributed by atoms with Gasteiger partial charge in [-0.25, -0.2) is 13.1 Å². The van der Waals surface area contributed by atoms with E-state index in [1.807, 2.05) is 63.2 Å². The van der Waals surface area contributed by atoms with Gasteiger partial charge in [-0.05, 0) is 48.4 Å². The maximum absolute atomic E-state index is 13.7. The first-order valence-corrected chi connectivity index (χ1v) is 14.6. The smallest absolute Gasteiger partial charge is 0.243 e. The number of nitrogens with one attached hydrogen (secondary N) is 1. The van der Waals surface area contributed by atoms with Crippen molar-refractivity contribution in [2.45, 2.75) is 37.5 Å². The van der Waals surface area contributed by atoms with E-state index in [9.17, 15) is 13.2 Å². The van der Waals surface area contributed by atoms with E-state index in [1.165, 1.54) is 23.5 Å². The van der Waals surface area contributed by atoms with Gasteiger partial charge in [0, 0.05) is 18.0 Å². The molecule has 0 aliphatic carbocycles. The van der Waals surface area contributed by atoms with Crippen LogP contribution in [0.2, 0.25) is 5.02 Å². The Kier molecular flexibility index (Phi) is 8.98. The summed E-state index contributed by atoms with van der Waals surface area (Å²) in [5.74, 6) is 0.432. The molecule has 1 heterocycles. The molecule has 0 radical (unpaired) electrons. The van der Waals surface area contributed by atoms with Crippen LogP contribution < -0.4 is 10.1 Å². The molecule has 40 heavy (non-hydrogen) atoms. The number of nitrogens with zero attached hydrogens (tertiary/aromatic N) is 3. The van der Waals surface area contributed by atoms with Crippen LogP contribution in [0.15, 0.2) is 89.8 Å². The molecule has 0 atom stereocenters. The molecule has 0 aliphatic rings. The van der Waals surface area contributed by atoms with Gasteiger partial charge in [0.15, 0.2) is 0 Å². The van der Waals surface area contributed by atoms with E-state index in [0.29, 0.717) is 28.7 Å². The lowest BCUT2D eigenvalue weighted by molar-refractivity contribution is -0.116. The summed E-state index contributed by atoms with van der Waals surface area (Å²) in [5, 5.41) is 8.05. The van der Waals surface area contributed by atoms with E-state index in [-0.39, 0.29) is 23.4 Å². The summed E-state index contributed by atoms with van der Waals surface area (Å²) in [6.45, 7) is 5.78. The standard InChI is InChI=1S/C30H33ClN4O4S/c1-30(2,3)27-20-28(35(33-27)26-13-9-8-12-25(26)31)32-29(36)21-34(19-18-22-10-6-5-7-11-22)40(37,38)24-16-14-23(39-4)15-17-24/h5-17,20H,18-19,21H2,1-4H3,(H,32,36). The molecule has 0 bridgehead atoms. The zero-order valence-corrected chi connectivity index (χ0v) is 24.5. The van der Waals surface area contributed by atoms with Crippen molar-refractivity contribution in [2.75, 3.05) is 25.5 Å². The molecule has 0 saturated heterocycles. The molecule has 8 nitrogen and oxygen atoms in total. The molecule has 4 aromatic rings. The van der Waals surface area contributed by atoms with Gasteiger partial charge in [-0.3, -0.25) is 4.79 Å². The lowest BCUT2D eigenvalue weighted by Gasteiger charge is -2.22. The Hall–Kier alpha value is -3.66. The topological polar surface area (TPSA) is 93.5 Å². The Balaban J connectivity index is 1.64. The number of methoxy groups -OCH3 is 1. The van der Waals surface area contributed by atoms with Gasteiger partial charge in [0.05, 0.1) is 35.0 Å². The summed E-state index contributed by atoms with van der Waals surface area (Å²) in [4.78, 5) is 13.5. The number of anilines is 1. The fourth-order valence-corrected chi connectivity index (χ4v) is 5.68. The second-order valence-corrected chi connectivity index (χ2v) is 12.7. The highest BCUT2D eigenvalue weighted by Crippen LogP contribution is 2.29. The first-order chi connectivity index (χ1) is 19.0. The number of hydrogen-bond acceptors (Lipinski definition) is 5. The van der Waals surface area contributed by atoms with Gasteiger partial charge < -0.3 is 10.1 Å². The number of rotatable bonds is 10. The first kappa shape index (κ1) is 29.3. The van der Waals surface area contributed by atoms with E-state index in [0.717, 1.165) is 11.3 Å². The monoisotopic (exact) mass is 580 g/mol. The SMILES string of the molecule is COc1ccc(S(=O)(=O)N(CCc2ccccc2)CC(=O)Nc2cc(C(C)(C)C)nn2-c2ccccc2Cl)cc1. The van der Waals surface area contributed by atoms with Crippen molar-refractivity contribution in [2.24, 2.45) is 0 Å². The minimum absolute atomic E-state index is 0.0743. The van der Waals surface area contributed by atoms with Crippen molar-refractivity contribution >= 4 is 33.3 Å². The number of amides is 1. The first-order valence-electron chi connectivity index (χ1n) is 12.8. The molecule has 3 aromatic carbocycles. The fraction of sp³-hybridized carbons (Fsp3) is 0.267. The third kappa shape index (κ3) is 6.91. The van der Waals surface area contributed by atoms with Crippen molar-refractivity contribution in [1.82, 2.24) is 14.1 Å². The minimum Gasteiger partial charge on any atom is -0.497 e. The lowest BCUT2D eigenvalue weighted by atomic mass is 9.92. The Morgan fingerprint density at radius 3 is 2.27 bits per heavy atom. The minimum atomic E-state index is -4.00. The van der Waals surface area contributed by atoms with Gasteiger partial charge in [-0.15, -0.1) is 0 Å². The average Bonchev–Trinajstić information content (AvgIpc) is 3.35. The summed E-state index contributed by atoms with van der Waals surface area (Å²) < 4.78 is 35.3. The summed E-state index contributed by atoms with van der Waals surface area (Å²) in [7, 11) is -2.48. The summed E-state index contributed by atoms with van der Waals surface area (Å²) in [6, 6.07) is 24.6. The number of ether oxygens (including phenoxy) is 1. The number of halogens is 1. The van der Waals surface area contributed by atoms with Crippen LogP contribution in [0.4, 0.5) is 5.82 Å². The predicted molar refractivity (Wildman–Crippen MR) is 158 cm³/mol. The van der Waals surface area contributed by atoms with Crippen LogP contribution in [0.5, 0.6) is 5.75 Å². The number of carbonyl (C=O) groups is 1. The van der Waals surface area contributed by atoms with E-state index < -0.39 is 15.9 Å². The molecule has 0 fully saturated rings. The molecule has 1 amide bonds. The number of carbonyl (C=O) groups excluding carboxylic acids is 1. The summed E-state index contributed by atoms with van der Waals surface area (Å²) in [6.07, 6.45) is 0.440. The van der Waals surface area contributed by atoms with Crippen LogP contribution in [0, 0.1) is 0 Å². The number of sulfonamides is 1. The lowest BCUT2D eigenvalue weighted by Crippen LogP contribution is -2.39. The van der Waals surface area contributed by atoms with E-state index in [2.05, 4.69) is 5.32 Å². The normalized spacial score (nSPS) is 11.9. The number of benzene rings is 3. The van der Waals surface area contributed by atoms with Gasteiger partial charge in [-0.2, -0.15) is 9.40 Å². The molecular formula is C30H33ClN4O4S. The second-order valence-electron chi connectivity index (χ2n) is 10.3. The summed E-state index contributed by atoms with van der Waals surface area (Å²) in [5.41, 5.74) is 2.01. The molecule has 0 saturated carbocycles. The van der Waals surface area contributed by atoms with Gasteiger partial charge in [0.25, 0.3) is 0 Å². The fourth-order valence-electron chi connectivity index (χ4n) is 4.07. The molecule has 0 aliphatic heterocycles. The van der Waals surface area contributed by atoms with Crippen LogP contribution in [0.3, 0.4) is 0 Å². The molecule has 1 aromatic heterocycles. The summed E-state index contributed by atoms with van der Waals surface area (Å²) >= 11 is 6.45. The van der Waals surface area contributed by atoms with E-state index in [4.69, 9.17) is 21.4 Å². The van der Waals surface area contributed by atoms with Gasteiger partial charge in [0.1, 0.15) is 11.6 Å². The molecule has 10 heteroatoms. The number of hydrogen-bond donors (Lipinski definition) is 1. The highest BCUT2D eigenvalue weighted by atomic mass is 35.5. The number of para-hydroxylation sites is 1. The molecule has 210 valence electrons. The van der Waals surface area contributed by atoms with Crippen LogP contribution in [0.25, 0.3) is 5.69 Å². The van der Waals surface area contributed by atoms with Gasteiger partial charge >= 0.3 is 0 Å².